The Balaban J connectivity index is 0.973. The number of aromatic nitrogens is 2. The second kappa shape index (κ2) is 13.9. The number of aliphatic imine (C=N–C) groups is 1. The van der Waals surface area contributed by atoms with E-state index in [4.69, 9.17) is 32.5 Å². The average molecular weight is 673 g/mol. The van der Waals surface area contributed by atoms with Crippen LogP contribution < -0.4 is 31.6 Å². The van der Waals surface area contributed by atoms with Crippen LogP contribution in [0.15, 0.2) is 65.7 Å². The molecule has 3 heterocycles. The summed E-state index contributed by atoms with van der Waals surface area (Å²) in [5, 5.41) is 17.7. The lowest BCUT2D eigenvalue weighted by atomic mass is 9.88. The van der Waals surface area contributed by atoms with Crippen molar-refractivity contribution in [2.45, 2.75) is 44.4 Å². The number of nitrogen functional groups attached to an aromatic ring is 2. The van der Waals surface area contributed by atoms with Crippen LogP contribution in [-0.2, 0) is 6.61 Å². The van der Waals surface area contributed by atoms with Crippen molar-refractivity contribution >= 4 is 51.8 Å². The molecule has 1 atom stereocenters. The molecular weight excluding hydrogens is 636 g/mol. The monoisotopic (exact) mass is 672 g/mol. The van der Waals surface area contributed by atoms with E-state index >= 15 is 0 Å². The predicted octanol–water partition coefficient (Wildman–Crippen LogP) is 3.54. The van der Waals surface area contributed by atoms with Crippen LogP contribution >= 0.6 is 11.6 Å². The van der Waals surface area contributed by atoms with Crippen molar-refractivity contribution in [1.82, 2.24) is 25.5 Å². The molecule has 7 N–H and O–H groups in total. The number of benzene rings is 3. The van der Waals surface area contributed by atoms with E-state index in [2.05, 4.69) is 31.7 Å². The Morgan fingerprint density at radius 1 is 1.00 bits per heavy atom. The molecule has 2 amide bonds. The second-order valence-electron chi connectivity index (χ2n) is 12.0. The quantitative estimate of drug-likeness (QED) is 0.176. The van der Waals surface area contributed by atoms with E-state index in [1.165, 1.54) is 0 Å². The fourth-order valence-electron chi connectivity index (χ4n) is 5.63. The van der Waals surface area contributed by atoms with Gasteiger partial charge in [0.1, 0.15) is 24.7 Å². The number of piperidine rings is 1. The van der Waals surface area contributed by atoms with Crippen LogP contribution in [0.1, 0.15) is 52.6 Å². The highest BCUT2D eigenvalue weighted by molar-refractivity contribution is 6.31. The Morgan fingerprint density at radius 3 is 2.46 bits per heavy atom. The number of likely N-dealkylation sites (tertiary alicyclic amines) is 1. The van der Waals surface area contributed by atoms with Gasteiger partial charge in [0.15, 0.2) is 28.4 Å². The fraction of sp³-hybridized carbons (Fsp3) is 0.324. The molecule has 1 fully saturated rings. The first kappa shape index (κ1) is 32.8. The highest BCUT2D eigenvalue weighted by Crippen LogP contribution is 2.28. The summed E-state index contributed by atoms with van der Waals surface area (Å²) < 4.78 is 11.7. The van der Waals surface area contributed by atoms with Crippen LogP contribution in [0.5, 0.6) is 11.5 Å². The van der Waals surface area contributed by atoms with E-state index in [1.807, 2.05) is 42.2 Å². The van der Waals surface area contributed by atoms with Crippen LogP contribution in [0.3, 0.4) is 0 Å². The number of aliphatic hydroxyl groups is 1. The van der Waals surface area contributed by atoms with Crippen molar-refractivity contribution in [3.63, 3.8) is 0 Å². The number of nitrogens with one attached hydrogen (secondary N) is 2. The van der Waals surface area contributed by atoms with Crippen LogP contribution in [0, 0.1) is 0 Å². The molecule has 2 aliphatic heterocycles. The van der Waals surface area contributed by atoms with Crippen molar-refractivity contribution in [3.05, 3.63) is 82.6 Å². The van der Waals surface area contributed by atoms with Crippen LogP contribution in [0.2, 0.25) is 5.15 Å². The Hall–Kier alpha value is -5.14. The lowest BCUT2D eigenvalue weighted by Crippen LogP contribution is -2.57. The Morgan fingerprint density at radius 2 is 1.71 bits per heavy atom. The number of nitrogens with zero attached hydrogens (tertiary/aromatic N) is 4. The molecule has 13 nitrogen and oxygen atoms in total. The van der Waals surface area contributed by atoms with Gasteiger partial charge in [-0.25, -0.2) is 9.97 Å². The maximum absolute atomic E-state index is 13.3. The first-order valence-electron chi connectivity index (χ1n) is 15.7. The highest BCUT2D eigenvalue weighted by Gasteiger charge is 2.40. The molecule has 1 aromatic heterocycles. The molecule has 6 rings (SSSR count). The Bertz CT molecular complexity index is 1860. The minimum atomic E-state index is -0.604. The molecule has 14 heteroatoms. The molecule has 1 spiro atoms. The molecule has 3 aromatic carbocycles. The van der Waals surface area contributed by atoms with Crippen LogP contribution in [0.4, 0.5) is 11.6 Å². The van der Waals surface area contributed by atoms with Gasteiger partial charge in [0.05, 0.1) is 18.2 Å². The van der Waals surface area contributed by atoms with E-state index in [-0.39, 0.29) is 40.5 Å². The van der Waals surface area contributed by atoms with Crippen molar-refractivity contribution in [2.24, 2.45) is 4.99 Å². The van der Waals surface area contributed by atoms with Gasteiger partial charge in [-0.05, 0) is 78.1 Å². The molecule has 0 saturated carbocycles. The number of anilines is 2. The predicted molar refractivity (Wildman–Crippen MR) is 183 cm³/mol. The second-order valence-corrected chi connectivity index (χ2v) is 12.3. The van der Waals surface area contributed by atoms with Gasteiger partial charge in [0.2, 0.25) is 0 Å². The van der Waals surface area contributed by atoms with Gasteiger partial charge in [-0.3, -0.25) is 19.9 Å². The van der Waals surface area contributed by atoms with E-state index in [0.29, 0.717) is 62.8 Å². The number of amides is 2. The summed E-state index contributed by atoms with van der Waals surface area (Å²) in [7, 11) is 0. The van der Waals surface area contributed by atoms with E-state index in [1.54, 1.807) is 24.3 Å². The molecule has 250 valence electrons. The molecule has 1 saturated heterocycles. The number of ether oxygens (including phenoxy) is 2. The number of rotatable bonds is 9. The molecule has 4 aromatic rings. The van der Waals surface area contributed by atoms with Crippen molar-refractivity contribution in [1.29, 1.82) is 0 Å². The standard InChI is InChI=1S/C34H37ClN8O5/c1-2-24(44)18-48-26-10-7-22-15-20(3-4-23(22)16-26)17-47-25-8-5-21(6-9-25)32(46)43-13-11-34(12-14-43)19-38-33(42-34)41-31(45)27-29(36)40-30(37)28(35)39-27/h3-10,15-16,24,44H,2,11-14,17-19H2,1H3,(H4,36,37,40)(H2,38,41,42,45)/t24-/m0/s1. The lowest BCUT2D eigenvalue weighted by molar-refractivity contribution is 0.0668. The summed E-state index contributed by atoms with van der Waals surface area (Å²) in [5.41, 5.74) is 12.5. The van der Waals surface area contributed by atoms with Gasteiger partial charge < -0.3 is 36.3 Å². The maximum atomic E-state index is 13.3. The number of carbonyl (C=O) groups excluding carboxylic acids is 2. The number of halogens is 1. The number of guanidine groups is 1. The minimum absolute atomic E-state index is 0.0554. The summed E-state index contributed by atoms with van der Waals surface area (Å²) in [6, 6.07) is 19.1. The zero-order valence-corrected chi connectivity index (χ0v) is 27.2. The molecule has 0 bridgehead atoms. The van der Waals surface area contributed by atoms with E-state index in [9.17, 15) is 14.7 Å². The Kier molecular flexibility index (Phi) is 9.51. The third-order valence-corrected chi connectivity index (χ3v) is 8.86. The van der Waals surface area contributed by atoms with Gasteiger partial charge >= 0.3 is 0 Å². The largest absolute Gasteiger partial charge is 0.491 e. The van der Waals surface area contributed by atoms with Crippen LogP contribution in [0.25, 0.3) is 10.8 Å². The molecule has 0 aliphatic carbocycles. The number of aliphatic hydroxyl groups excluding tert-OH is 1. The summed E-state index contributed by atoms with van der Waals surface area (Å²) in [4.78, 5) is 40.0. The number of hydrogen-bond acceptors (Lipinski definition) is 11. The van der Waals surface area contributed by atoms with Gasteiger partial charge in [0, 0.05) is 18.7 Å². The molecule has 48 heavy (non-hydrogen) atoms. The number of nitrogens with two attached hydrogens (primary N) is 2. The van der Waals surface area contributed by atoms with Crippen molar-refractivity contribution in [3.8, 4) is 11.5 Å². The highest BCUT2D eigenvalue weighted by atomic mass is 35.5. The SMILES string of the molecule is CC[C@H](O)COc1ccc2cc(COc3ccc(C(=O)N4CCC5(CC4)CN=C(NC(=O)c4nc(Cl)c(N)nc4N)N5)cc3)ccc2c1. The topological polar surface area (TPSA) is 190 Å². The summed E-state index contributed by atoms with van der Waals surface area (Å²) in [6.45, 7) is 4.08. The van der Waals surface area contributed by atoms with E-state index < -0.39 is 12.0 Å². The van der Waals surface area contributed by atoms with E-state index in [0.717, 1.165) is 22.1 Å². The van der Waals surface area contributed by atoms with Gasteiger partial charge in [-0.2, -0.15) is 0 Å². The molecule has 0 radical (unpaired) electrons. The summed E-state index contributed by atoms with van der Waals surface area (Å²) in [5.74, 6) is 0.838. The molecular formula is C34H37ClN8O5. The zero-order valence-electron chi connectivity index (χ0n) is 26.4. The van der Waals surface area contributed by atoms with Crippen molar-refractivity contribution < 1.29 is 24.2 Å². The number of hydrogen-bond donors (Lipinski definition) is 5. The lowest BCUT2D eigenvalue weighted by Gasteiger charge is -2.39. The smallest absolute Gasteiger partial charge is 0.280 e. The first-order valence-corrected chi connectivity index (χ1v) is 16.1. The van der Waals surface area contributed by atoms with Gasteiger partial charge in [-0.15, -0.1) is 0 Å². The van der Waals surface area contributed by atoms with Gasteiger partial charge in [-0.1, -0.05) is 36.7 Å². The maximum Gasteiger partial charge on any atom is 0.280 e. The normalized spacial score (nSPS) is 15.9. The summed E-state index contributed by atoms with van der Waals surface area (Å²) in [6.07, 6.45) is 1.48. The number of fused-ring (bicyclic) bond motifs is 1. The summed E-state index contributed by atoms with van der Waals surface area (Å²) >= 11 is 5.90. The van der Waals surface area contributed by atoms with Crippen molar-refractivity contribution in [2.75, 3.05) is 37.7 Å². The molecule has 2 aliphatic rings. The fourth-order valence-corrected chi connectivity index (χ4v) is 5.76. The number of carbonyl (C=O) groups is 2. The van der Waals surface area contributed by atoms with Crippen LogP contribution in [-0.4, -0.2) is 75.6 Å². The van der Waals surface area contributed by atoms with Gasteiger partial charge in [0.25, 0.3) is 11.8 Å². The third-order valence-electron chi connectivity index (χ3n) is 8.58. The average Bonchev–Trinajstić information content (AvgIpc) is 3.48. The Labute approximate surface area is 282 Å². The zero-order chi connectivity index (χ0) is 33.8. The third kappa shape index (κ3) is 7.37. The minimum Gasteiger partial charge on any atom is -0.491 e. The molecule has 0 unspecified atom stereocenters. The first-order chi connectivity index (χ1) is 23.1.